The van der Waals surface area contributed by atoms with E-state index >= 15 is 0 Å². The first-order valence-corrected chi connectivity index (χ1v) is 6.73. The van der Waals surface area contributed by atoms with Crippen LogP contribution < -0.4 is 5.32 Å². The van der Waals surface area contributed by atoms with Crippen LogP contribution in [-0.4, -0.2) is 38.1 Å². The molecule has 0 bridgehead atoms. The standard InChI is InChI=1S/C13H28N2/c1-3-4-5-6-9-15-10-7-8-13(12-15)11-14-2/h13-14H,3-12H2,1-2H3. The zero-order valence-corrected chi connectivity index (χ0v) is 10.6. The average molecular weight is 212 g/mol. The molecule has 1 rings (SSSR count). The summed E-state index contributed by atoms with van der Waals surface area (Å²) in [7, 11) is 2.07. The summed E-state index contributed by atoms with van der Waals surface area (Å²) in [5.41, 5.74) is 0. The van der Waals surface area contributed by atoms with Crippen LogP contribution in [0.5, 0.6) is 0 Å². The van der Waals surface area contributed by atoms with Gasteiger partial charge in [0.15, 0.2) is 0 Å². The highest BCUT2D eigenvalue weighted by atomic mass is 15.1. The Balaban J connectivity index is 2.07. The zero-order valence-electron chi connectivity index (χ0n) is 10.6. The molecule has 0 aromatic carbocycles. The molecular weight excluding hydrogens is 184 g/mol. The molecule has 15 heavy (non-hydrogen) atoms. The van der Waals surface area contributed by atoms with E-state index in [2.05, 4.69) is 24.2 Å². The predicted molar refractivity (Wildman–Crippen MR) is 67.2 cm³/mol. The minimum atomic E-state index is 0.898. The highest BCUT2D eigenvalue weighted by Gasteiger charge is 2.18. The van der Waals surface area contributed by atoms with Crippen molar-refractivity contribution in [1.29, 1.82) is 0 Å². The normalized spacial score (nSPS) is 23.2. The number of nitrogens with one attached hydrogen (secondary N) is 1. The SMILES string of the molecule is CCCCCCN1CCCC(CNC)C1. The van der Waals surface area contributed by atoms with Gasteiger partial charge in [0.1, 0.15) is 0 Å². The Morgan fingerprint density at radius 2 is 2.13 bits per heavy atom. The first-order valence-electron chi connectivity index (χ1n) is 6.73. The predicted octanol–water partition coefficient (Wildman–Crippen LogP) is 2.50. The molecule has 1 N–H and O–H groups in total. The topological polar surface area (TPSA) is 15.3 Å². The van der Waals surface area contributed by atoms with Crippen molar-refractivity contribution >= 4 is 0 Å². The summed E-state index contributed by atoms with van der Waals surface area (Å²) >= 11 is 0. The number of likely N-dealkylation sites (tertiary alicyclic amines) is 1. The summed E-state index contributed by atoms with van der Waals surface area (Å²) in [5.74, 6) is 0.898. The van der Waals surface area contributed by atoms with Crippen molar-refractivity contribution in [1.82, 2.24) is 10.2 Å². The lowest BCUT2D eigenvalue weighted by molar-refractivity contribution is 0.171. The largest absolute Gasteiger partial charge is 0.319 e. The van der Waals surface area contributed by atoms with Crippen LogP contribution >= 0.6 is 0 Å². The van der Waals surface area contributed by atoms with Crippen LogP contribution in [0.3, 0.4) is 0 Å². The van der Waals surface area contributed by atoms with Crippen molar-refractivity contribution in [3.63, 3.8) is 0 Å². The Labute approximate surface area is 95.4 Å². The maximum Gasteiger partial charge on any atom is 0.00218 e. The molecule has 1 atom stereocenters. The van der Waals surface area contributed by atoms with Crippen LogP contribution in [-0.2, 0) is 0 Å². The summed E-state index contributed by atoms with van der Waals surface area (Å²) in [6.45, 7) is 7.48. The summed E-state index contributed by atoms with van der Waals surface area (Å²) in [4.78, 5) is 2.67. The first-order chi connectivity index (χ1) is 7.36. The minimum absolute atomic E-state index is 0.898. The third kappa shape index (κ3) is 5.53. The highest BCUT2D eigenvalue weighted by Crippen LogP contribution is 2.16. The molecule has 0 spiro atoms. The molecule has 2 nitrogen and oxygen atoms in total. The van der Waals surface area contributed by atoms with Crippen molar-refractivity contribution in [3.05, 3.63) is 0 Å². The van der Waals surface area contributed by atoms with Crippen LogP contribution in [0.2, 0.25) is 0 Å². The van der Waals surface area contributed by atoms with E-state index in [1.807, 2.05) is 0 Å². The second-order valence-electron chi connectivity index (χ2n) is 4.93. The fourth-order valence-electron chi connectivity index (χ4n) is 2.57. The van der Waals surface area contributed by atoms with E-state index in [0.29, 0.717) is 0 Å². The lowest BCUT2D eigenvalue weighted by Gasteiger charge is -2.32. The second kappa shape index (κ2) is 8.12. The van der Waals surface area contributed by atoms with Crippen molar-refractivity contribution < 1.29 is 0 Å². The van der Waals surface area contributed by atoms with Crippen molar-refractivity contribution in [2.75, 3.05) is 33.2 Å². The summed E-state index contributed by atoms with van der Waals surface area (Å²) < 4.78 is 0. The van der Waals surface area contributed by atoms with Crippen LogP contribution in [0.25, 0.3) is 0 Å². The Hall–Kier alpha value is -0.0800. The van der Waals surface area contributed by atoms with Crippen LogP contribution in [0.15, 0.2) is 0 Å². The molecule has 0 amide bonds. The van der Waals surface area contributed by atoms with Gasteiger partial charge < -0.3 is 10.2 Å². The highest BCUT2D eigenvalue weighted by molar-refractivity contribution is 4.73. The molecule has 90 valence electrons. The fraction of sp³-hybridized carbons (Fsp3) is 1.00. The van der Waals surface area contributed by atoms with Gasteiger partial charge in [0.2, 0.25) is 0 Å². The molecule has 0 aromatic rings. The number of hydrogen-bond acceptors (Lipinski definition) is 2. The van der Waals surface area contributed by atoms with E-state index in [1.165, 1.54) is 64.7 Å². The summed E-state index contributed by atoms with van der Waals surface area (Å²) in [6.07, 6.45) is 8.41. The van der Waals surface area contributed by atoms with E-state index < -0.39 is 0 Å². The zero-order chi connectivity index (χ0) is 10.9. The quantitative estimate of drug-likeness (QED) is 0.652. The first kappa shape index (κ1) is 13.0. The van der Waals surface area contributed by atoms with Gasteiger partial charge in [-0.3, -0.25) is 0 Å². The lowest BCUT2D eigenvalue weighted by atomic mass is 9.98. The monoisotopic (exact) mass is 212 g/mol. The molecule has 1 aliphatic heterocycles. The Kier molecular flexibility index (Phi) is 7.03. The maximum absolute atomic E-state index is 3.31. The van der Waals surface area contributed by atoms with E-state index in [1.54, 1.807) is 0 Å². The van der Waals surface area contributed by atoms with Crippen molar-refractivity contribution in [2.24, 2.45) is 5.92 Å². The van der Waals surface area contributed by atoms with Gasteiger partial charge in [-0.05, 0) is 51.9 Å². The minimum Gasteiger partial charge on any atom is -0.319 e. The number of rotatable bonds is 7. The summed E-state index contributed by atoms with van der Waals surface area (Å²) in [5, 5.41) is 3.31. The molecule has 1 aliphatic rings. The average Bonchev–Trinajstić information content (AvgIpc) is 2.26. The number of piperidine rings is 1. The van der Waals surface area contributed by atoms with Crippen LogP contribution in [0, 0.1) is 5.92 Å². The van der Waals surface area contributed by atoms with E-state index in [0.717, 1.165) is 5.92 Å². The number of hydrogen-bond donors (Lipinski definition) is 1. The lowest BCUT2D eigenvalue weighted by Crippen LogP contribution is -2.39. The van der Waals surface area contributed by atoms with Gasteiger partial charge >= 0.3 is 0 Å². The Morgan fingerprint density at radius 3 is 2.87 bits per heavy atom. The van der Waals surface area contributed by atoms with Gasteiger partial charge in [-0.25, -0.2) is 0 Å². The van der Waals surface area contributed by atoms with Gasteiger partial charge in [-0.1, -0.05) is 26.2 Å². The van der Waals surface area contributed by atoms with Crippen molar-refractivity contribution in [3.8, 4) is 0 Å². The maximum atomic E-state index is 3.31. The van der Waals surface area contributed by atoms with E-state index in [9.17, 15) is 0 Å². The summed E-state index contributed by atoms with van der Waals surface area (Å²) in [6, 6.07) is 0. The molecule has 2 heteroatoms. The molecule has 1 fully saturated rings. The van der Waals surface area contributed by atoms with Gasteiger partial charge in [0.25, 0.3) is 0 Å². The van der Waals surface area contributed by atoms with Gasteiger partial charge in [0.05, 0.1) is 0 Å². The van der Waals surface area contributed by atoms with E-state index in [4.69, 9.17) is 0 Å². The third-order valence-corrected chi connectivity index (χ3v) is 3.42. The second-order valence-corrected chi connectivity index (χ2v) is 4.93. The van der Waals surface area contributed by atoms with Crippen LogP contribution in [0.1, 0.15) is 45.4 Å². The van der Waals surface area contributed by atoms with E-state index in [-0.39, 0.29) is 0 Å². The third-order valence-electron chi connectivity index (χ3n) is 3.42. The molecule has 0 aromatic heterocycles. The molecule has 1 heterocycles. The molecule has 0 aliphatic carbocycles. The number of nitrogens with zero attached hydrogens (tertiary/aromatic N) is 1. The van der Waals surface area contributed by atoms with Gasteiger partial charge in [-0.2, -0.15) is 0 Å². The van der Waals surface area contributed by atoms with Gasteiger partial charge in [-0.15, -0.1) is 0 Å². The number of unbranched alkanes of at least 4 members (excludes halogenated alkanes) is 3. The molecule has 1 unspecified atom stereocenters. The molecule has 0 saturated carbocycles. The van der Waals surface area contributed by atoms with Crippen molar-refractivity contribution in [2.45, 2.75) is 45.4 Å². The molecule has 1 saturated heterocycles. The van der Waals surface area contributed by atoms with Crippen LogP contribution in [0.4, 0.5) is 0 Å². The fourth-order valence-corrected chi connectivity index (χ4v) is 2.57. The smallest absolute Gasteiger partial charge is 0.00218 e. The molecule has 0 radical (unpaired) electrons. The Morgan fingerprint density at radius 1 is 1.27 bits per heavy atom. The van der Waals surface area contributed by atoms with Gasteiger partial charge in [0, 0.05) is 6.54 Å². The Bertz CT molecular complexity index is 145. The molecular formula is C13H28N2.